The van der Waals surface area contributed by atoms with Crippen molar-refractivity contribution in [2.45, 2.75) is 0 Å². The molecule has 8 aromatic carbocycles. The summed E-state index contributed by atoms with van der Waals surface area (Å²) in [7, 11) is 0. The molecule has 0 fully saturated rings. The van der Waals surface area contributed by atoms with Crippen LogP contribution < -0.4 is 4.90 Å². The van der Waals surface area contributed by atoms with Crippen LogP contribution in [0, 0.1) is 0 Å². The first-order valence-corrected chi connectivity index (χ1v) is 16.4. The molecule has 0 radical (unpaired) electrons. The second-order valence-electron chi connectivity index (χ2n) is 12.1. The normalized spacial score (nSPS) is 11.3. The smallest absolute Gasteiger partial charge is 0.136 e. The summed E-state index contributed by atoms with van der Waals surface area (Å²) in [6.45, 7) is 0. The molecule has 2 nitrogen and oxygen atoms in total. The van der Waals surface area contributed by atoms with Crippen molar-refractivity contribution < 1.29 is 4.42 Å². The van der Waals surface area contributed by atoms with Gasteiger partial charge in [-0.3, -0.25) is 0 Å². The first kappa shape index (κ1) is 27.9. The number of anilines is 3. The van der Waals surface area contributed by atoms with Gasteiger partial charge in [-0.05, 0) is 81.1 Å². The lowest BCUT2D eigenvalue weighted by Gasteiger charge is -2.29. The Morgan fingerprint density at radius 2 is 0.938 bits per heavy atom. The first-order chi connectivity index (χ1) is 23.8. The minimum Gasteiger partial charge on any atom is -0.456 e. The number of hydrogen-bond acceptors (Lipinski definition) is 2. The van der Waals surface area contributed by atoms with Gasteiger partial charge in [0.15, 0.2) is 0 Å². The fourth-order valence-electron chi connectivity index (χ4n) is 7.03. The second-order valence-corrected chi connectivity index (χ2v) is 12.1. The molecule has 1 aromatic heterocycles. The van der Waals surface area contributed by atoms with Crippen molar-refractivity contribution in [2.24, 2.45) is 0 Å². The quantitative estimate of drug-likeness (QED) is 0.185. The second kappa shape index (κ2) is 11.8. The number of fused-ring (bicyclic) bond motifs is 4. The van der Waals surface area contributed by atoms with Gasteiger partial charge in [-0.2, -0.15) is 0 Å². The third-order valence-corrected chi connectivity index (χ3v) is 9.28. The molecule has 9 aromatic rings. The van der Waals surface area contributed by atoms with E-state index in [1.54, 1.807) is 0 Å². The van der Waals surface area contributed by atoms with Gasteiger partial charge in [0.25, 0.3) is 0 Å². The Morgan fingerprint density at radius 3 is 1.77 bits per heavy atom. The fourth-order valence-corrected chi connectivity index (χ4v) is 7.03. The Morgan fingerprint density at radius 1 is 0.354 bits per heavy atom. The zero-order chi connectivity index (χ0) is 31.9. The monoisotopic (exact) mass is 613 g/mol. The van der Waals surface area contributed by atoms with Crippen molar-refractivity contribution in [1.29, 1.82) is 0 Å². The number of hydrogen-bond donors (Lipinski definition) is 0. The highest BCUT2D eigenvalue weighted by Gasteiger charge is 2.20. The SMILES string of the molecule is c1ccc(-c2ccc(-c3cccc4ccccc34)cc2N(c2ccccc2)c2ccc(-c3cccc4oc5ccccc5c34)cc2)cc1. The van der Waals surface area contributed by atoms with Gasteiger partial charge in [0, 0.05) is 27.7 Å². The molecule has 1 heterocycles. The van der Waals surface area contributed by atoms with E-state index in [9.17, 15) is 0 Å². The van der Waals surface area contributed by atoms with E-state index in [0.717, 1.165) is 50.1 Å². The van der Waals surface area contributed by atoms with Gasteiger partial charge >= 0.3 is 0 Å². The van der Waals surface area contributed by atoms with Crippen molar-refractivity contribution in [3.63, 3.8) is 0 Å². The standard InChI is InChI=1S/C46H31NO/c1-3-13-33(14-4-1)40-30-27-35(39-21-11-16-32-15-7-8-19-38(32)39)31-43(40)47(36-17-5-2-6-18-36)37-28-25-34(26-29-37)41-22-12-24-45-46(41)42-20-9-10-23-44(42)48-45/h1-31H. The molecular weight excluding hydrogens is 583 g/mol. The molecular formula is C46H31NO. The van der Waals surface area contributed by atoms with Crippen molar-refractivity contribution in [1.82, 2.24) is 0 Å². The van der Waals surface area contributed by atoms with Crippen molar-refractivity contribution >= 4 is 49.8 Å². The molecule has 0 saturated carbocycles. The van der Waals surface area contributed by atoms with Gasteiger partial charge < -0.3 is 9.32 Å². The summed E-state index contributed by atoms with van der Waals surface area (Å²) < 4.78 is 6.21. The molecule has 9 rings (SSSR count). The number of para-hydroxylation sites is 2. The highest BCUT2D eigenvalue weighted by Crippen LogP contribution is 2.44. The van der Waals surface area contributed by atoms with E-state index in [0.29, 0.717) is 0 Å². The Bertz CT molecular complexity index is 2540. The molecule has 0 saturated heterocycles. The van der Waals surface area contributed by atoms with E-state index in [1.165, 1.54) is 33.0 Å². The molecule has 2 heteroatoms. The number of furan rings is 1. The Hall–Kier alpha value is -6.38. The average Bonchev–Trinajstić information content (AvgIpc) is 3.55. The van der Waals surface area contributed by atoms with Gasteiger partial charge in [-0.15, -0.1) is 0 Å². The van der Waals surface area contributed by atoms with Crippen LogP contribution in [0.3, 0.4) is 0 Å². The van der Waals surface area contributed by atoms with Crippen LogP contribution in [0.4, 0.5) is 17.1 Å². The van der Waals surface area contributed by atoms with Crippen LogP contribution in [-0.2, 0) is 0 Å². The van der Waals surface area contributed by atoms with Gasteiger partial charge in [0.05, 0.1) is 5.69 Å². The van der Waals surface area contributed by atoms with Crippen molar-refractivity contribution in [2.75, 3.05) is 4.90 Å². The highest BCUT2D eigenvalue weighted by atomic mass is 16.3. The summed E-state index contributed by atoms with van der Waals surface area (Å²) in [5.74, 6) is 0. The van der Waals surface area contributed by atoms with Gasteiger partial charge in [0.1, 0.15) is 11.2 Å². The summed E-state index contributed by atoms with van der Waals surface area (Å²) in [6.07, 6.45) is 0. The van der Waals surface area contributed by atoms with E-state index in [1.807, 2.05) is 12.1 Å². The minimum absolute atomic E-state index is 0.904. The lowest BCUT2D eigenvalue weighted by Crippen LogP contribution is -2.11. The predicted octanol–water partition coefficient (Wildman–Crippen LogP) is 13.2. The molecule has 0 aliphatic heterocycles. The number of rotatable bonds is 6. The number of benzene rings is 8. The topological polar surface area (TPSA) is 16.4 Å². The van der Waals surface area contributed by atoms with E-state index < -0.39 is 0 Å². The average molecular weight is 614 g/mol. The van der Waals surface area contributed by atoms with E-state index >= 15 is 0 Å². The van der Waals surface area contributed by atoms with Crippen LogP contribution in [0.25, 0.3) is 66.1 Å². The largest absolute Gasteiger partial charge is 0.456 e. The lowest BCUT2D eigenvalue weighted by molar-refractivity contribution is 0.669. The van der Waals surface area contributed by atoms with E-state index in [4.69, 9.17) is 4.42 Å². The molecule has 0 aliphatic carbocycles. The molecule has 0 amide bonds. The summed E-state index contributed by atoms with van der Waals surface area (Å²) in [5, 5.41) is 4.76. The third-order valence-electron chi connectivity index (χ3n) is 9.28. The Labute approximate surface area is 279 Å². The van der Waals surface area contributed by atoms with E-state index in [-0.39, 0.29) is 0 Å². The Balaban J connectivity index is 1.24. The first-order valence-electron chi connectivity index (χ1n) is 16.4. The molecule has 0 spiro atoms. The highest BCUT2D eigenvalue weighted by molar-refractivity contribution is 6.12. The van der Waals surface area contributed by atoms with Gasteiger partial charge in [-0.25, -0.2) is 0 Å². The van der Waals surface area contributed by atoms with Gasteiger partial charge in [-0.1, -0.05) is 146 Å². The predicted molar refractivity (Wildman–Crippen MR) is 202 cm³/mol. The van der Waals surface area contributed by atoms with Crippen LogP contribution in [0.5, 0.6) is 0 Å². The van der Waals surface area contributed by atoms with Crippen LogP contribution in [-0.4, -0.2) is 0 Å². The molecule has 0 atom stereocenters. The number of nitrogens with zero attached hydrogens (tertiary/aromatic N) is 1. The van der Waals surface area contributed by atoms with Gasteiger partial charge in [0.2, 0.25) is 0 Å². The maximum absolute atomic E-state index is 6.21. The molecule has 0 bridgehead atoms. The third kappa shape index (κ3) is 4.83. The van der Waals surface area contributed by atoms with Crippen LogP contribution >= 0.6 is 0 Å². The van der Waals surface area contributed by atoms with Crippen molar-refractivity contribution in [3.8, 4) is 33.4 Å². The summed E-state index contributed by atoms with van der Waals surface area (Å²) in [4.78, 5) is 2.38. The van der Waals surface area contributed by atoms with Crippen LogP contribution in [0.2, 0.25) is 0 Å². The minimum atomic E-state index is 0.904. The van der Waals surface area contributed by atoms with E-state index in [2.05, 4.69) is 181 Å². The fraction of sp³-hybridized carbons (Fsp3) is 0. The van der Waals surface area contributed by atoms with Crippen molar-refractivity contribution in [3.05, 3.63) is 188 Å². The lowest BCUT2D eigenvalue weighted by atomic mass is 9.94. The molecule has 226 valence electrons. The maximum atomic E-state index is 6.21. The Kier molecular flexibility index (Phi) is 6.84. The van der Waals surface area contributed by atoms with Crippen LogP contribution in [0.15, 0.2) is 192 Å². The molecule has 0 unspecified atom stereocenters. The maximum Gasteiger partial charge on any atom is 0.136 e. The summed E-state index contributed by atoms with van der Waals surface area (Å²) >= 11 is 0. The summed E-state index contributed by atoms with van der Waals surface area (Å²) in [5.41, 5.74) is 12.2. The molecule has 48 heavy (non-hydrogen) atoms. The zero-order valence-electron chi connectivity index (χ0n) is 26.3. The molecule has 0 aliphatic rings. The zero-order valence-corrected chi connectivity index (χ0v) is 26.3. The van der Waals surface area contributed by atoms with Crippen LogP contribution in [0.1, 0.15) is 0 Å². The summed E-state index contributed by atoms with van der Waals surface area (Å²) in [6, 6.07) is 67.0. The molecule has 0 N–H and O–H groups in total.